The zero-order valence-corrected chi connectivity index (χ0v) is 14.2. The molecule has 0 spiro atoms. The second kappa shape index (κ2) is 7.23. The number of fused-ring (bicyclic) bond motifs is 1. The average molecular weight is 398 g/mol. The number of halogens is 4. The van der Waals surface area contributed by atoms with E-state index in [0.717, 1.165) is 12.1 Å². The summed E-state index contributed by atoms with van der Waals surface area (Å²) in [5.74, 6) is -1.84. The van der Waals surface area contributed by atoms with E-state index in [1.165, 1.54) is 0 Å². The number of amides is 2. The Morgan fingerprint density at radius 2 is 1.89 bits per heavy atom. The molecule has 140 valence electrons. The topological polar surface area (TPSA) is 88.4 Å². The third kappa shape index (κ3) is 4.17. The largest absolute Gasteiger partial charge is 0.416 e. The molecule has 11 heteroatoms. The van der Waals surface area contributed by atoms with Gasteiger partial charge in [0.05, 0.1) is 22.8 Å². The van der Waals surface area contributed by atoms with Crippen LogP contribution in [0.2, 0.25) is 5.02 Å². The van der Waals surface area contributed by atoms with Crippen LogP contribution in [0.25, 0.3) is 5.65 Å². The number of aromatic nitrogens is 3. The van der Waals surface area contributed by atoms with Crippen LogP contribution in [0.5, 0.6) is 0 Å². The fraction of sp³-hybridized carbons (Fsp3) is 0.125. The van der Waals surface area contributed by atoms with Gasteiger partial charge in [-0.15, -0.1) is 10.2 Å². The summed E-state index contributed by atoms with van der Waals surface area (Å²) in [7, 11) is 0. The molecule has 0 unspecified atom stereocenters. The summed E-state index contributed by atoms with van der Waals surface area (Å²) < 4.78 is 39.9. The molecule has 0 saturated heterocycles. The molecule has 2 amide bonds. The number of anilines is 1. The van der Waals surface area contributed by atoms with Crippen molar-refractivity contribution < 1.29 is 22.8 Å². The summed E-state index contributed by atoms with van der Waals surface area (Å²) in [5.41, 5.74) is -0.765. The molecule has 2 heterocycles. The minimum absolute atomic E-state index is 0.103. The first kappa shape index (κ1) is 18.6. The van der Waals surface area contributed by atoms with E-state index in [1.807, 2.05) is 0 Å². The number of rotatable bonds is 3. The highest BCUT2D eigenvalue weighted by molar-refractivity contribution is 6.41. The molecule has 0 fully saturated rings. The Hall–Kier alpha value is -3.14. The molecule has 1 aromatic carbocycles. The van der Waals surface area contributed by atoms with E-state index in [9.17, 15) is 22.8 Å². The molecule has 2 aromatic heterocycles. The third-order valence-corrected chi connectivity index (χ3v) is 3.87. The Labute approximate surface area is 155 Å². The fourth-order valence-corrected chi connectivity index (χ4v) is 2.39. The van der Waals surface area contributed by atoms with Crippen LogP contribution in [-0.2, 0) is 22.3 Å². The van der Waals surface area contributed by atoms with E-state index in [0.29, 0.717) is 17.5 Å². The van der Waals surface area contributed by atoms with Crippen molar-refractivity contribution >= 4 is 34.7 Å². The van der Waals surface area contributed by atoms with E-state index < -0.39 is 23.6 Å². The van der Waals surface area contributed by atoms with Gasteiger partial charge in [0.15, 0.2) is 11.5 Å². The zero-order chi connectivity index (χ0) is 19.6. The van der Waals surface area contributed by atoms with Crippen LogP contribution in [0.4, 0.5) is 18.9 Å². The van der Waals surface area contributed by atoms with Crippen molar-refractivity contribution in [2.45, 2.75) is 12.7 Å². The van der Waals surface area contributed by atoms with E-state index in [-0.39, 0.29) is 17.3 Å². The number of hydrogen-bond acceptors (Lipinski definition) is 4. The normalized spacial score (nSPS) is 11.4. The SMILES string of the molecule is O=C(NCc1nnc2ccccn12)C(=O)Nc1cc(C(F)(F)F)ccc1Cl. The first-order valence-electron chi connectivity index (χ1n) is 7.50. The van der Waals surface area contributed by atoms with Crippen molar-refractivity contribution in [1.82, 2.24) is 19.9 Å². The van der Waals surface area contributed by atoms with Crippen molar-refractivity contribution in [3.05, 3.63) is 59.0 Å². The second-order valence-corrected chi connectivity index (χ2v) is 5.78. The standard InChI is InChI=1S/C16H11ClF3N5O2/c17-10-5-4-9(16(18,19)20)7-11(10)22-15(27)14(26)21-8-13-24-23-12-3-1-2-6-25(12)13/h1-7H,8H2,(H,21,26)(H,22,27). The molecule has 0 aliphatic carbocycles. The summed E-state index contributed by atoms with van der Waals surface area (Å²) >= 11 is 5.78. The Kier molecular flexibility index (Phi) is 5.00. The number of nitrogens with zero attached hydrogens (tertiary/aromatic N) is 3. The summed E-state index contributed by atoms with van der Waals surface area (Å²) in [5, 5.41) is 12.0. The van der Waals surface area contributed by atoms with Crippen LogP contribution in [0.15, 0.2) is 42.6 Å². The Morgan fingerprint density at radius 1 is 1.11 bits per heavy atom. The van der Waals surface area contributed by atoms with Crippen LogP contribution >= 0.6 is 11.6 Å². The highest BCUT2D eigenvalue weighted by Gasteiger charge is 2.31. The van der Waals surface area contributed by atoms with Gasteiger partial charge in [0.2, 0.25) is 0 Å². The summed E-state index contributed by atoms with van der Waals surface area (Å²) in [4.78, 5) is 23.9. The molecule has 2 N–H and O–H groups in total. The van der Waals surface area contributed by atoms with Gasteiger partial charge in [0.25, 0.3) is 0 Å². The Morgan fingerprint density at radius 3 is 2.63 bits per heavy atom. The lowest BCUT2D eigenvalue weighted by Gasteiger charge is -2.11. The molecular weight excluding hydrogens is 387 g/mol. The van der Waals surface area contributed by atoms with Crippen molar-refractivity contribution in [3.8, 4) is 0 Å². The van der Waals surface area contributed by atoms with E-state index in [4.69, 9.17) is 11.6 Å². The van der Waals surface area contributed by atoms with Crippen LogP contribution in [0.3, 0.4) is 0 Å². The van der Waals surface area contributed by atoms with Gasteiger partial charge in [-0.3, -0.25) is 14.0 Å². The van der Waals surface area contributed by atoms with Gasteiger partial charge in [-0.2, -0.15) is 13.2 Å². The van der Waals surface area contributed by atoms with Gasteiger partial charge in [0.1, 0.15) is 0 Å². The number of carbonyl (C=O) groups excluding carboxylic acids is 2. The van der Waals surface area contributed by atoms with E-state index in [1.54, 1.807) is 28.8 Å². The van der Waals surface area contributed by atoms with Crippen molar-refractivity contribution in [2.24, 2.45) is 0 Å². The Bertz CT molecular complexity index is 1020. The van der Waals surface area contributed by atoms with Crippen molar-refractivity contribution in [2.75, 3.05) is 5.32 Å². The van der Waals surface area contributed by atoms with Gasteiger partial charge < -0.3 is 10.6 Å². The number of carbonyl (C=O) groups is 2. The lowest BCUT2D eigenvalue weighted by molar-refractivity contribution is -0.137. The minimum atomic E-state index is -4.61. The number of benzene rings is 1. The Balaban J connectivity index is 1.67. The molecule has 0 aliphatic rings. The lowest BCUT2D eigenvalue weighted by Crippen LogP contribution is -2.35. The van der Waals surface area contributed by atoms with Gasteiger partial charge in [-0.05, 0) is 30.3 Å². The van der Waals surface area contributed by atoms with Gasteiger partial charge in [0, 0.05) is 6.20 Å². The van der Waals surface area contributed by atoms with Gasteiger partial charge in [-0.25, -0.2) is 0 Å². The molecule has 0 aliphatic heterocycles. The maximum atomic E-state index is 12.8. The number of pyridine rings is 1. The molecule has 0 atom stereocenters. The van der Waals surface area contributed by atoms with Crippen LogP contribution in [0, 0.1) is 0 Å². The molecule has 0 saturated carbocycles. The highest BCUT2D eigenvalue weighted by atomic mass is 35.5. The first-order valence-corrected chi connectivity index (χ1v) is 7.88. The van der Waals surface area contributed by atoms with Crippen LogP contribution in [-0.4, -0.2) is 26.4 Å². The summed E-state index contributed by atoms with van der Waals surface area (Å²) in [6, 6.07) is 7.62. The minimum Gasteiger partial charge on any atom is -0.341 e. The zero-order valence-electron chi connectivity index (χ0n) is 13.4. The molecule has 0 bridgehead atoms. The fourth-order valence-electron chi connectivity index (χ4n) is 2.23. The van der Waals surface area contributed by atoms with Gasteiger partial charge >= 0.3 is 18.0 Å². The number of hydrogen-bond donors (Lipinski definition) is 2. The quantitative estimate of drug-likeness (QED) is 0.665. The van der Waals surface area contributed by atoms with Crippen LogP contribution in [0.1, 0.15) is 11.4 Å². The summed E-state index contributed by atoms with van der Waals surface area (Å²) in [6.07, 6.45) is -2.93. The molecule has 3 aromatic rings. The highest BCUT2D eigenvalue weighted by Crippen LogP contribution is 2.33. The molecule has 7 nitrogen and oxygen atoms in total. The maximum Gasteiger partial charge on any atom is 0.416 e. The third-order valence-electron chi connectivity index (χ3n) is 3.54. The molecule has 3 rings (SSSR count). The maximum absolute atomic E-state index is 12.8. The van der Waals surface area contributed by atoms with Crippen molar-refractivity contribution in [1.29, 1.82) is 0 Å². The smallest absolute Gasteiger partial charge is 0.341 e. The molecular formula is C16H11ClF3N5O2. The predicted molar refractivity (Wildman–Crippen MR) is 89.9 cm³/mol. The van der Waals surface area contributed by atoms with E-state index >= 15 is 0 Å². The molecule has 27 heavy (non-hydrogen) atoms. The van der Waals surface area contributed by atoms with Crippen molar-refractivity contribution in [3.63, 3.8) is 0 Å². The monoisotopic (exact) mass is 397 g/mol. The van der Waals surface area contributed by atoms with Gasteiger partial charge in [-0.1, -0.05) is 17.7 Å². The first-order chi connectivity index (χ1) is 12.8. The predicted octanol–water partition coefficient (Wildman–Crippen LogP) is 2.66. The second-order valence-electron chi connectivity index (χ2n) is 5.37. The number of alkyl halides is 3. The molecule has 0 radical (unpaired) electrons. The summed E-state index contributed by atoms with van der Waals surface area (Å²) in [6.45, 7) is -0.103. The number of nitrogens with one attached hydrogen (secondary N) is 2. The average Bonchev–Trinajstić information content (AvgIpc) is 3.03. The van der Waals surface area contributed by atoms with E-state index in [2.05, 4.69) is 20.8 Å². The lowest BCUT2D eigenvalue weighted by atomic mass is 10.2. The van der Waals surface area contributed by atoms with Crippen LogP contribution < -0.4 is 10.6 Å².